The normalized spacial score (nSPS) is 25.1. The Bertz CT molecular complexity index is 324. The number of alkyl halides is 1. The molecule has 0 aromatic carbocycles. The zero-order valence-corrected chi connectivity index (χ0v) is 10.6. The average Bonchev–Trinajstić information content (AvgIpc) is 2.89. The minimum Gasteiger partial charge on any atom is -0.312 e. The first-order valence-corrected chi connectivity index (χ1v) is 6.59. The van der Waals surface area contributed by atoms with Crippen LogP contribution in [-0.2, 0) is 13.1 Å². The van der Waals surface area contributed by atoms with Crippen LogP contribution in [-0.4, -0.2) is 21.7 Å². The fourth-order valence-corrected chi connectivity index (χ4v) is 2.66. The van der Waals surface area contributed by atoms with Crippen LogP contribution in [0.2, 0.25) is 0 Å². The van der Waals surface area contributed by atoms with Crippen molar-refractivity contribution in [2.45, 2.75) is 44.7 Å². The minimum atomic E-state index is 0.380. The number of aryl methyl sites for hydroxylation is 1. The van der Waals surface area contributed by atoms with Crippen molar-refractivity contribution < 1.29 is 0 Å². The highest BCUT2D eigenvalue weighted by Gasteiger charge is 2.24. The number of hydrogen-bond donors (Lipinski definition) is 1. The predicted octanol–water partition coefficient (Wildman–Crippen LogP) is 2.40. The molecule has 2 rings (SSSR count). The number of halogens is 1. The highest BCUT2D eigenvalue weighted by Crippen LogP contribution is 2.29. The Labute approximate surface area is 102 Å². The van der Waals surface area contributed by atoms with Crippen LogP contribution in [0.4, 0.5) is 0 Å². The fourth-order valence-electron chi connectivity index (χ4n) is 2.29. The second-order valence-corrected chi connectivity index (χ2v) is 5.10. The summed E-state index contributed by atoms with van der Waals surface area (Å²) >= 11 is 6.23. The van der Waals surface area contributed by atoms with E-state index in [-0.39, 0.29) is 0 Å². The van der Waals surface area contributed by atoms with Gasteiger partial charge in [-0.25, -0.2) is 0 Å². The van der Waals surface area contributed by atoms with Gasteiger partial charge >= 0.3 is 0 Å². The zero-order chi connectivity index (χ0) is 11.4. The molecular weight excluding hydrogens is 222 g/mol. The van der Waals surface area contributed by atoms with E-state index >= 15 is 0 Å². The molecule has 1 aliphatic carbocycles. The van der Waals surface area contributed by atoms with Crippen LogP contribution in [0.5, 0.6) is 0 Å². The maximum Gasteiger partial charge on any atom is 0.0534 e. The summed E-state index contributed by atoms with van der Waals surface area (Å²) in [5, 5.41) is 8.10. The van der Waals surface area contributed by atoms with Gasteiger partial charge in [-0.15, -0.1) is 11.6 Å². The van der Waals surface area contributed by atoms with E-state index in [9.17, 15) is 0 Å². The molecular formula is C12H20ClN3. The van der Waals surface area contributed by atoms with Gasteiger partial charge in [-0.05, 0) is 32.2 Å². The molecule has 2 atom stereocenters. The highest BCUT2D eigenvalue weighted by atomic mass is 35.5. The molecule has 1 aromatic rings. The lowest BCUT2D eigenvalue weighted by Gasteiger charge is -2.13. The van der Waals surface area contributed by atoms with Crippen LogP contribution in [0.1, 0.15) is 31.7 Å². The van der Waals surface area contributed by atoms with Crippen LogP contribution in [0, 0.1) is 5.92 Å². The Morgan fingerprint density at radius 2 is 2.44 bits per heavy atom. The lowest BCUT2D eigenvalue weighted by Crippen LogP contribution is -2.25. The van der Waals surface area contributed by atoms with Gasteiger partial charge < -0.3 is 5.32 Å². The van der Waals surface area contributed by atoms with Gasteiger partial charge in [-0.2, -0.15) is 5.10 Å². The van der Waals surface area contributed by atoms with Crippen molar-refractivity contribution in [3.63, 3.8) is 0 Å². The predicted molar refractivity (Wildman–Crippen MR) is 66.6 cm³/mol. The summed E-state index contributed by atoms with van der Waals surface area (Å²) in [7, 11) is 0. The molecule has 0 aliphatic heterocycles. The molecule has 1 fully saturated rings. The number of hydrogen-bond acceptors (Lipinski definition) is 2. The summed E-state index contributed by atoms with van der Waals surface area (Å²) in [5.74, 6) is 0.655. The molecule has 1 saturated carbocycles. The van der Waals surface area contributed by atoms with Crippen LogP contribution in [0.15, 0.2) is 12.4 Å². The third-order valence-corrected chi connectivity index (χ3v) is 3.89. The number of aromatic nitrogens is 2. The molecule has 2 unspecified atom stereocenters. The van der Waals surface area contributed by atoms with Crippen LogP contribution < -0.4 is 5.32 Å². The maximum absolute atomic E-state index is 6.23. The molecule has 3 nitrogen and oxygen atoms in total. The highest BCUT2D eigenvalue weighted by molar-refractivity contribution is 6.20. The molecule has 1 heterocycles. The smallest absolute Gasteiger partial charge is 0.0534 e. The summed E-state index contributed by atoms with van der Waals surface area (Å²) in [6, 6.07) is 0. The molecule has 0 amide bonds. The van der Waals surface area contributed by atoms with Gasteiger partial charge in [0.1, 0.15) is 0 Å². The van der Waals surface area contributed by atoms with Crippen molar-refractivity contribution in [2.24, 2.45) is 5.92 Å². The van der Waals surface area contributed by atoms with E-state index in [1.165, 1.54) is 24.8 Å². The number of rotatable bonds is 5. The third-order valence-electron chi connectivity index (χ3n) is 3.31. The van der Waals surface area contributed by atoms with E-state index in [1.54, 1.807) is 0 Å². The van der Waals surface area contributed by atoms with Gasteiger partial charge in [0.25, 0.3) is 0 Å². The Hall–Kier alpha value is -0.540. The average molecular weight is 242 g/mol. The summed E-state index contributed by atoms with van der Waals surface area (Å²) < 4.78 is 1.96. The standard InChI is InChI=1S/C12H20ClN3/c1-2-16-9-10(7-15-16)6-14-8-11-4-3-5-12(11)13/h7,9,11-12,14H,2-6,8H2,1H3. The van der Waals surface area contributed by atoms with Gasteiger partial charge in [0.2, 0.25) is 0 Å². The molecule has 0 saturated heterocycles. The first-order chi connectivity index (χ1) is 7.79. The van der Waals surface area contributed by atoms with Crippen LogP contribution in [0.3, 0.4) is 0 Å². The first-order valence-electron chi connectivity index (χ1n) is 6.15. The van der Waals surface area contributed by atoms with E-state index in [1.807, 2.05) is 10.9 Å². The van der Waals surface area contributed by atoms with Crippen molar-refractivity contribution in [3.05, 3.63) is 18.0 Å². The van der Waals surface area contributed by atoms with E-state index < -0.39 is 0 Å². The van der Waals surface area contributed by atoms with Gasteiger partial charge in [-0.3, -0.25) is 4.68 Å². The summed E-state index contributed by atoms with van der Waals surface area (Å²) in [4.78, 5) is 0. The molecule has 1 aromatic heterocycles. The van der Waals surface area contributed by atoms with Crippen molar-refractivity contribution in [3.8, 4) is 0 Å². The van der Waals surface area contributed by atoms with Gasteiger partial charge in [0.05, 0.1) is 6.20 Å². The van der Waals surface area contributed by atoms with Crippen molar-refractivity contribution in [1.29, 1.82) is 0 Å². The summed E-state index contributed by atoms with van der Waals surface area (Å²) in [6.07, 6.45) is 7.77. The number of nitrogens with one attached hydrogen (secondary N) is 1. The molecule has 0 radical (unpaired) electrons. The fraction of sp³-hybridized carbons (Fsp3) is 0.750. The minimum absolute atomic E-state index is 0.380. The topological polar surface area (TPSA) is 29.9 Å². The van der Waals surface area contributed by atoms with Crippen LogP contribution in [0.25, 0.3) is 0 Å². The Morgan fingerprint density at radius 3 is 3.06 bits per heavy atom. The first kappa shape index (κ1) is 11.9. The van der Waals surface area contributed by atoms with Gasteiger partial charge in [0, 0.05) is 30.2 Å². The Morgan fingerprint density at radius 1 is 1.56 bits per heavy atom. The molecule has 0 bridgehead atoms. The zero-order valence-electron chi connectivity index (χ0n) is 9.82. The molecule has 0 spiro atoms. The third kappa shape index (κ3) is 2.98. The SMILES string of the molecule is CCn1cc(CNCC2CCCC2Cl)cn1. The Balaban J connectivity index is 1.71. The van der Waals surface area contributed by atoms with E-state index in [4.69, 9.17) is 11.6 Å². The van der Waals surface area contributed by atoms with E-state index in [2.05, 4.69) is 23.5 Å². The molecule has 1 N–H and O–H groups in total. The van der Waals surface area contributed by atoms with Gasteiger partial charge in [-0.1, -0.05) is 6.42 Å². The lowest BCUT2D eigenvalue weighted by molar-refractivity contribution is 0.494. The molecule has 90 valence electrons. The molecule has 1 aliphatic rings. The molecule has 4 heteroatoms. The van der Waals surface area contributed by atoms with E-state index in [0.29, 0.717) is 11.3 Å². The summed E-state index contributed by atoms with van der Waals surface area (Å²) in [5.41, 5.74) is 1.26. The Kier molecular flexibility index (Phi) is 4.24. The monoisotopic (exact) mass is 241 g/mol. The van der Waals surface area contributed by atoms with Crippen molar-refractivity contribution in [2.75, 3.05) is 6.54 Å². The largest absolute Gasteiger partial charge is 0.312 e. The second-order valence-electron chi connectivity index (χ2n) is 4.54. The van der Waals surface area contributed by atoms with Crippen molar-refractivity contribution >= 4 is 11.6 Å². The van der Waals surface area contributed by atoms with E-state index in [0.717, 1.165) is 19.6 Å². The van der Waals surface area contributed by atoms with Gasteiger partial charge in [0.15, 0.2) is 0 Å². The van der Waals surface area contributed by atoms with Crippen molar-refractivity contribution in [1.82, 2.24) is 15.1 Å². The second kappa shape index (κ2) is 5.69. The lowest BCUT2D eigenvalue weighted by atomic mass is 10.1. The quantitative estimate of drug-likeness (QED) is 0.803. The summed E-state index contributed by atoms with van der Waals surface area (Å²) in [6.45, 7) is 4.97. The maximum atomic E-state index is 6.23. The molecule has 16 heavy (non-hydrogen) atoms. The number of nitrogens with zero attached hydrogens (tertiary/aromatic N) is 2. The van der Waals surface area contributed by atoms with Crippen LogP contribution >= 0.6 is 11.6 Å².